The number of carbonyl (C=O) groups excluding carboxylic acids is 1. The molecule has 0 bridgehead atoms. The Morgan fingerprint density at radius 2 is 1.77 bits per heavy atom. The number of rotatable bonds is 3. The Labute approximate surface area is 183 Å². The van der Waals surface area contributed by atoms with Crippen LogP contribution in [-0.2, 0) is 0 Å². The van der Waals surface area contributed by atoms with Crippen molar-refractivity contribution in [2.75, 3.05) is 36.4 Å². The number of hydrogen-bond donors (Lipinski definition) is 1. The van der Waals surface area contributed by atoms with Gasteiger partial charge in [-0.3, -0.25) is 4.98 Å². The monoisotopic (exact) mass is 433 g/mol. The lowest BCUT2D eigenvalue weighted by Crippen LogP contribution is -2.50. The average Bonchev–Trinajstić information content (AvgIpc) is 3.25. The fourth-order valence-corrected chi connectivity index (χ4v) is 4.70. The first kappa shape index (κ1) is 19.4. The van der Waals surface area contributed by atoms with Crippen molar-refractivity contribution in [2.24, 2.45) is 0 Å². The van der Waals surface area contributed by atoms with Crippen LogP contribution >= 0.6 is 11.3 Å². The molecule has 0 atom stereocenters. The minimum Gasteiger partial charge on any atom is -0.368 e. The summed E-state index contributed by atoms with van der Waals surface area (Å²) in [5.74, 6) is -0.363. The third-order valence-electron chi connectivity index (χ3n) is 5.34. The Morgan fingerprint density at radius 1 is 1.00 bits per heavy atom. The third-order valence-corrected chi connectivity index (χ3v) is 6.41. The molecule has 0 spiro atoms. The molecular weight excluding hydrogens is 413 g/mol. The predicted molar refractivity (Wildman–Crippen MR) is 122 cm³/mol. The van der Waals surface area contributed by atoms with E-state index in [0.29, 0.717) is 29.3 Å². The number of benzene rings is 2. The lowest BCUT2D eigenvalue weighted by Gasteiger charge is -2.36. The largest absolute Gasteiger partial charge is 0.368 e. The van der Waals surface area contributed by atoms with Gasteiger partial charge in [0.15, 0.2) is 0 Å². The summed E-state index contributed by atoms with van der Waals surface area (Å²) in [6.07, 6.45) is 3.54. The Morgan fingerprint density at radius 3 is 2.55 bits per heavy atom. The first-order valence-electron chi connectivity index (χ1n) is 10.0. The first-order chi connectivity index (χ1) is 15.2. The molecule has 31 heavy (non-hydrogen) atoms. The molecule has 0 radical (unpaired) electrons. The molecule has 1 saturated heterocycles. The van der Waals surface area contributed by atoms with Gasteiger partial charge in [0.25, 0.3) is 0 Å². The van der Waals surface area contributed by atoms with Gasteiger partial charge < -0.3 is 15.1 Å². The number of para-hydroxylation sites is 1. The van der Waals surface area contributed by atoms with Crippen LogP contribution < -0.4 is 10.2 Å². The molecule has 0 saturated carbocycles. The Kier molecular flexibility index (Phi) is 5.21. The lowest BCUT2D eigenvalue weighted by molar-refractivity contribution is 0.208. The van der Waals surface area contributed by atoms with Gasteiger partial charge in [-0.2, -0.15) is 0 Å². The van der Waals surface area contributed by atoms with E-state index in [1.807, 2.05) is 36.4 Å². The standard InChI is InChI=1S/C23H20FN5OS/c24-16-5-6-19(18(15-16)22-26-20-3-1-2-4-21(20)31-22)27-23(30)29-13-11-28(12-14-29)17-7-9-25-10-8-17/h1-10,15H,11-14H2,(H,27,30). The maximum absolute atomic E-state index is 14.0. The number of thiazole rings is 1. The van der Waals surface area contributed by atoms with Gasteiger partial charge in [0.2, 0.25) is 0 Å². The van der Waals surface area contributed by atoms with Gasteiger partial charge in [-0.05, 0) is 42.5 Å². The number of pyridine rings is 1. The van der Waals surface area contributed by atoms with E-state index in [2.05, 4.69) is 20.2 Å². The van der Waals surface area contributed by atoms with Gasteiger partial charge in [0.05, 0.1) is 15.9 Å². The number of nitrogens with one attached hydrogen (secondary N) is 1. The zero-order valence-electron chi connectivity index (χ0n) is 16.7. The van der Waals surface area contributed by atoms with Crippen LogP contribution in [0, 0.1) is 5.82 Å². The smallest absolute Gasteiger partial charge is 0.321 e. The summed E-state index contributed by atoms with van der Waals surface area (Å²) in [5, 5.41) is 3.64. The second-order valence-corrected chi connectivity index (χ2v) is 8.32. The van der Waals surface area contributed by atoms with Crippen molar-refractivity contribution in [1.82, 2.24) is 14.9 Å². The van der Waals surface area contributed by atoms with Crippen LogP contribution in [0.3, 0.4) is 0 Å². The van der Waals surface area contributed by atoms with Crippen molar-refractivity contribution in [3.8, 4) is 10.6 Å². The summed E-state index contributed by atoms with van der Waals surface area (Å²) in [6, 6.07) is 15.9. The van der Waals surface area contributed by atoms with E-state index in [1.165, 1.54) is 23.5 Å². The summed E-state index contributed by atoms with van der Waals surface area (Å²) in [4.78, 5) is 25.6. The van der Waals surface area contributed by atoms with Crippen LogP contribution in [0.15, 0.2) is 67.0 Å². The number of aromatic nitrogens is 2. The number of nitrogens with zero attached hydrogens (tertiary/aromatic N) is 4. The molecule has 1 fully saturated rings. The van der Waals surface area contributed by atoms with Crippen molar-refractivity contribution in [3.63, 3.8) is 0 Å². The number of hydrogen-bond acceptors (Lipinski definition) is 5. The summed E-state index contributed by atoms with van der Waals surface area (Å²) >= 11 is 1.48. The van der Waals surface area contributed by atoms with Crippen LogP contribution in [0.25, 0.3) is 20.8 Å². The molecule has 2 amide bonds. The van der Waals surface area contributed by atoms with Gasteiger partial charge in [-0.25, -0.2) is 14.2 Å². The lowest BCUT2D eigenvalue weighted by atomic mass is 10.1. The highest BCUT2D eigenvalue weighted by molar-refractivity contribution is 7.21. The number of carbonyl (C=O) groups is 1. The van der Waals surface area contributed by atoms with E-state index in [9.17, 15) is 9.18 Å². The molecule has 1 N–H and O–H groups in total. The van der Waals surface area contributed by atoms with Crippen molar-refractivity contribution < 1.29 is 9.18 Å². The van der Waals surface area contributed by atoms with Gasteiger partial charge in [0.1, 0.15) is 10.8 Å². The topological polar surface area (TPSA) is 61.4 Å². The predicted octanol–water partition coefficient (Wildman–Crippen LogP) is 4.85. The fraction of sp³-hybridized carbons (Fsp3) is 0.174. The molecule has 0 unspecified atom stereocenters. The zero-order valence-corrected chi connectivity index (χ0v) is 17.5. The van der Waals surface area contributed by atoms with E-state index >= 15 is 0 Å². The number of amides is 2. The summed E-state index contributed by atoms with van der Waals surface area (Å²) in [7, 11) is 0. The second-order valence-electron chi connectivity index (χ2n) is 7.29. The minimum atomic E-state index is -0.363. The summed E-state index contributed by atoms with van der Waals surface area (Å²) in [6.45, 7) is 2.69. The summed E-state index contributed by atoms with van der Waals surface area (Å²) in [5.41, 5.74) is 3.11. The molecule has 3 heterocycles. The maximum Gasteiger partial charge on any atom is 0.321 e. The molecule has 4 aromatic rings. The third kappa shape index (κ3) is 4.06. The Hall–Kier alpha value is -3.52. The minimum absolute atomic E-state index is 0.191. The molecule has 0 aliphatic carbocycles. The van der Waals surface area contributed by atoms with Crippen LogP contribution in [0.5, 0.6) is 0 Å². The highest BCUT2D eigenvalue weighted by Crippen LogP contribution is 2.35. The molecule has 5 rings (SSSR count). The normalized spacial score (nSPS) is 14.1. The fourth-order valence-electron chi connectivity index (χ4n) is 3.71. The zero-order chi connectivity index (χ0) is 21.2. The van der Waals surface area contributed by atoms with Crippen LogP contribution in [0.1, 0.15) is 0 Å². The number of piperazine rings is 1. The van der Waals surface area contributed by atoms with E-state index in [1.54, 1.807) is 23.4 Å². The number of fused-ring (bicyclic) bond motifs is 1. The number of halogens is 1. The molecular formula is C23H20FN5OS. The van der Waals surface area contributed by atoms with Gasteiger partial charge in [-0.1, -0.05) is 12.1 Å². The highest BCUT2D eigenvalue weighted by Gasteiger charge is 2.22. The highest BCUT2D eigenvalue weighted by atomic mass is 32.1. The molecule has 2 aromatic carbocycles. The van der Waals surface area contributed by atoms with E-state index in [4.69, 9.17) is 0 Å². The number of urea groups is 1. The SMILES string of the molecule is O=C(Nc1ccc(F)cc1-c1nc2ccccc2s1)N1CCN(c2ccncc2)CC1. The van der Waals surface area contributed by atoms with Crippen molar-refractivity contribution in [1.29, 1.82) is 0 Å². The molecule has 1 aliphatic rings. The molecule has 6 nitrogen and oxygen atoms in total. The van der Waals surface area contributed by atoms with Gasteiger partial charge >= 0.3 is 6.03 Å². The van der Waals surface area contributed by atoms with E-state index < -0.39 is 0 Å². The van der Waals surface area contributed by atoms with Crippen LogP contribution in [0.2, 0.25) is 0 Å². The molecule has 1 aliphatic heterocycles. The van der Waals surface area contributed by atoms with Gasteiger partial charge in [-0.15, -0.1) is 11.3 Å². The van der Waals surface area contributed by atoms with E-state index in [-0.39, 0.29) is 11.8 Å². The quantitative estimate of drug-likeness (QED) is 0.502. The maximum atomic E-state index is 14.0. The Balaban J connectivity index is 1.33. The first-order valence-corrected chi connectivity index (χ1v) is 10.9. The van der Waals surface area contributed by atoms with Crippen molar-refractivity contribution in [2.45, 2.75) is 0 Å². The molecule has 156 valence electrons. The van der Waals surface area contributed by atoms with Crippen molar-refractivity contribution >= 4 is 39.0 Å². The Bertz CT molecular complexity index is 1190. The van der Waals surface area contributed by atoms with Crippen molar-refractivity contribution in [3.05, 3.63) is 72.8 Å². The average molecular weight is 434 g/mol. The van der Waals surface area contributed by atoms with E-state index in [0.717, 1.165) is 29.0 Å². The van der Waals surface area contributed by atoms with Crippen LogP contribution in [-0.4, -0.2) is 47.1 Å². The van der Waals surface area contributed by atoms with Gasteiger partial charge in [0, 0.05) is 49.8 Å². The molecule has 2 aromatic heterocycles. The summed E-state index contributed by atoms with van der Waals surface area (Å²) < 4.78 is 15.0. The molecule has 8 heteroatoms. The van der Waals surface area contributed by atoms with Crippen LogP contribution in [0.4, 0.5) is 20.6 Å². The number of anilines is 2. The second kappa shape index (κ2) is 8.31.